The first-order valence-electron chi connectivity index (χ1n) is 9.46. The highest BCUT2D eigenvalue weighted by Crippen LogP contribution is 2.23. The number of hydrogen-bond acceptors (Lipinski definition) is 7. The Bertz CT molecular complexity index is 996. The lowest BCUT2D eigenvalue weighted by Crippen LogP contribution is -2.07. The molecule has 8 heteroatoms. The van der Waals surface area contributed by atoms with Gasteiger partial charge in [0.25, 0.3) is 0 Å². The summed E-state index contributed by atoms with van der Waals surface area (Å²) in [5.41, 5.74) is 0.819. The molecule has 166 valence electrons. The molecule has 0 radical (unpaired) electrons. The lowest BCUT2D eigenvalue weighted by Gasteiger charge is -2.06. The molecule has 0 unspecified atom stereocenters. The quantitative estimate of drug-likeness (QED) is 0.156. The molecule has 0 aliphatic heterocycles. The summed E-state index contributed by atoms with van der Waals surface area (Å²) >= 11 is 0.995. The number of halogens is 1. The normalized spacial score (nSPS) is 10.4. The molecule has 0 amide bonds. The molecule has 0 spiro atoms. The zero-order chi connectivity index (χ0) is 23.3. The number of esters is 2. The van der Waals surface area contributed by atoms with Crippen LogP contribution in [0.4, 0.5) is 4.39 Å². The third-order valence-corrected chi connectivity index (χ3v) is 4.58. The van der Waals surface area contributed by atoms with E-state index in [-0.39, 0.29) is 17.5 Å². The fourth-order valence-corrected chi connectivity index (χ4v) is 2.85. The molecule has 6 nitrogen and oxygen atoms in total. The smallest absolute Gasteiger partial charge is 0.371 e. The SMILES string of the molecule is C=CC(=O)OCCCOc1ccc(/C=C/C(=O)Sc2ccc(OC(=O)C(=C)F)cc2)cc1. The Hall–Kier alpha value is -3.65. The van der Waals surface area contributed by atoms with E-state index in [1.54, 1.807) is 30.3 Å². The van der Waals surface area contributed by atoms with Crippen molar-refractivity contribution >= 4 is 34.9 Å². The fourth-order valence-electron chi connectivity index (χ4n) is 2.21. The molecule has 0 bridgehead atoms. The number of rotatable bonds is 11. The lowest BCUT2D eigenvalue weighted by molar-refractivity contribution is -0.138. The molecule has 0 saturated heterocycles. The maximum absolute atomic E-state index is 12.6. The van der Waals surface area contributed by atoms with Crippen LogP contribution in [0, 0.1) is 0 Å². The van der Waals surface area contributed by atoms with E-state index in [0.717, 1.165) is 23.4 Å². The topological polar surface area (TPSA) is 78.9 Å². The fraction of sp³-hybridized carbons (Fsp3) is 0.125. The van der Waals surface area contributed by atoms with Crippen molar-refractivity contribution in [2.75, 3.05) is 13.2 Å². The maximum Gasteiger partial charge on any atom is 0.371 e. The van der Waals surface area contributed by atoms with Crippen molar-refractivity contribution in [3.8, 4) is 11.5 Å². The van der Waals surface area contributed by atoms with Crippen molar-refractivity contribution in [3.63, 3.8) is 0 Å². The molecule has 0 N–H and O–H groups in total. The van der Waals surface area contributed by atoms with Gasteiger partial charge in [-0.05, 0) is 59.8 Å². The van der Waals surface area contributed by atoms with E-state index in [1.807, 2.05) is 12.1 Å². The summed E-state index contributed by atoms with van der Waals surface area (Å²) in [6.45, 7) is 6.84. The summed E-state index contributed by atoms with van der Waals surface area (Å²) in [5, 5.41) is -0.193. The van der Waals surface area contributed by atoms with E-state index in [9.17, 15) is 18.8 Å². The molecular formula is C24H21FO6S. The monoisotopic (exact) mass is 456 g/mol. The van der Waals surface area contributed by atoms with Crippen molar-refractivity contribution < 1.29 is 33.0 Å². The molecule has 2 aromatic carbocycles. The van der Waals surface area contributed by atoms with Crippen LogP contribution in [-0.4, -0.2) is 30.3 Å². The second kappa shape index (κ2) is 12.9. The average Bonchev–Trinajstić information content (AvgIpc) is 2.79. The van der Waals surface area contributed by atoms with E-state index in [1.165, 1.54) is 18.2 Å². The number of thioether (sulfide) groups is 1. The molecule has 32 heavy (non-hydrogen) atoms. The number of hydrogen-bond donors (Lipinski definition) is 0. The Labute approximate surface area is 189 Å². The Morgan fingerprint density at radius 1 is 0.969 bits per heavy atom. The summed E-state index contributed by atoms with van der Waals surface area (Å²) in [5.74, 6) is -1.99. The second-order valence-electron chi connectivity index (χ2n) is 6.16. The van der Waals surface area contributed by atoms with Gasteiger partial charge in [-0.3, -0.25) is 4.79 Å². The van der Waals surface area contributed by atoms with Gasteiger partial charge in [0.2, 0.25) is 10.9 Å². The van der Waals surface area contributed by atoms with Crippen LogP contribution < -0.4 is 9.47 Å². The van der Waals surface area contributed by atoms with Gasteiger partial charge in [-0.1, -0.05) is 31.4 Å². The predicted octanol–water partition coefficient (Wildman–Crippen LogP) is 4.91. The lowest BCUT2D eigenvalue weighted by atomic mass is 10.2. The molecule has 2 rings (SSSR count). The molecule has 0 fully saturated rings. The Morgan fingerprint density at radius 3 is 2.25 bits per heavy atom. The van der Waals surface area contributed by atoms with Crippen molar-refractivity contribution in [2.24, 2.45) is 0 Å². The van der Waals surface area contributed by atoms with E-state index in [0.29, 0.717) is 23.7 Å². The molecule has 0 aliphatic rings. The molecule has 2 aromatic rings. The highest BCUT2D eigenvalue weighted by molar-refractivity contribution is 8.14. The van der Waals surface area contributed by atoms with Gasteiger partial charge in [-0.2, -0.15) is 4.39 Å². The van der Waals surface area contributed by atoms with Crippen LogP contribution in [0.1, 0.15) is 12.0 Å². The summed E-state index contributed by atoms with van der Waals surface area (Å²) in [6, 6.07) is 13.3. The molecule has 0 aliphatic carbocycles. The van der Waals surface area contributed by atoms with Crippen molar-refractivity contribution in [1.82, 2.24) is 0 Å². The minimum absolute atomic E-state index is 0.154. The second-order valence-corrected chi connectivity index (χ2v) is 7.24. The van der Waals surface area contributed by atoms with Crippen molar-refractivity contribution in [3.05, 3.63) is 85.2 Å². The van der Waals surface area contributed by atoms with Gasteiger partial charge >= 0.3 is 11.9 Å². The highest BCUT2D eigenvalue weighted by atomic mass is 32.2. The molecule has 0 atom stereocenters. The number of carbonyl (C=O) groups excluding carboxylic acids is 3. The van der Waals surface area contributed by atoms with Gasteiger partial charge in [0.1, 0.15) is 11.5 Å². The molecule has 0 heterocycles. The minimum Gasteiger partial charge on any atom is -0.493 e. The van der Waals surface area contributed by atoms with Crippen LogP contribution in [-0.2, 0) is 19.1 Å². The van der Waals surface area contributed by atoms with Gasteiger partial charge in [-0.15, -0.1) is 0 Å². The highest BCUT2D eigenvalue weighted by Gasteiger charge is 2.09. The van der Waals surface area contributed by atoms with Crippen LogP contribution >= 0.6 is 11.8 Å². The van der Waals surface area contributed by atoms with Crippen LogP contribution in [0.3, 0.4) is 0 Å². The van der Waals surface area contributed by atoms with E-state index < -0.39 is 17.8 Å². The van der Waals surface area contributed by atoms with Gasteiger partial charge in [0.05, 0.1) is 13.2 Å². The predicted molar refractivity (Wildman–Crippen MR) is 120 cm³/mol. The standard InChI is InChI=1S/C24H21FO6S/c1-3-22(26)30-16-4-15-29-19-8-5-18(6-9-19)7-14-23(27)32-21-12-10-20(11-13-21)31-24(28)17(2)25/h3,5-14H,1-2,4,15-16H2/b14-7+. The summed E-state index contributed by atoms with van der Waals surface area (Å²) < 4.78 is 27.8. The van der Waals surface area contributed by atoms with Crippen LogP contribution in [0.5, 0.6) is 11.5 Å². The third-order valence-electron chi connectivity index (χ3n) is 3.73. The maximum atomic E-state index is 12.6. The van der Waals surface area contributed by atoms with E-state index in [2.05, 4.69) is 13.2 Å². The van der Waals surface area contributed by atoms with Gasteiger partial charge in [0.15, 0.2) is 0 Å². The first-order chi connectivity index (χ1) is 15.4. The Balaban J connectivity index is 1.77. The Kier molecular flexibility index (Phi) is 9.93. The zero-order valence-electron chi connectivity index (χ0n) is 17.1. The van der Waals surface area contributed by atoms with Gasteiger partial charge < -0.3 is 14.2 Å². The van der Waals surface area contributed by atoms with Crippen LogP contribution in [0.25, 0.3) is 6.08 Å². The Morgan fingerprint density at radius 2 is 1.62 bits per heavy atom. The van der Waals surface area contributed by atoms with Crippen molar-refractivity contribution in [1.29, 1.82) is 0 Å². The molecule has 0 aromatic heterocycles. The van der Waals surface area contributed by atoms with Gasteiger partial charge in [0, 0.05) is 17.4 Å². The van der Waals surface area contributed by atoms with Crippen molar-refractivity contribution in [2.45, 2.75) is 11.3 Å². The van der Waals surface area contributed by atoms with E-state index in [4.69, 9.17) is 14.2 Å². The summed E-state index contributed by atoms with van der Waals surface area (Å²) in [4.78, 5) is 34.8. The molecular weight excluding hydrogens is 435 g/mol. The number of carbonyl (C=O) groups is 3. The largest absolute Gasteiger partial charge is 0.493 e. The van der Waals surface area contributed by atoms with E-state index >= 15 is 0 Å². The third kappa shape index (κ3) is 9.01. The average molecular weight is 456 g/mol. The molecule has 0 saturated carbocycles. The number of ether oxygens (including phenoxy) is 3. The summed E-state index contributed by atoms with van der Waals surface area (Å²) in [6.07, 6.45) is 4.78. The van der Waals surface area contributed by atoms with Gasteiger partial charge in [-0.25, -0.2) is 9.59 Å². The zero-order valence-corrected chi connectivity index (χ0v) is 17.9. The van der Waals surface area contributed by atoms with Crippen LogP contribution in [0.2, 0.25) is 0 Å². The first-order valence-corrected chi connectivity index (χ1v) is 10.3. The summed E-state index contributed by atoms with van der Waals surface area (Å²) in [7, 11) is 0. The van der Waals surface area contributed by atoms with Crippen LogP contribution in [0.15, 0.2) is 84.6 Å². The number of benzene rings is 2. The first kappa shape index (κ1) is 24.6. The minimum atomic E-state index is -1.19.